The second-order valence-electron chi connectivity index (χ2n) is 4.53. The van der Waals surface area contributed by atoms with Crippen LogP contribution in [-0.2, 0) is 4.74 Å². The fourth-order valence-electron chi connectivity index (χ4n) is 2.00. The SMILES string of the molecule is C#CCOC1CC(NC(=S)N(N)CCO)C(F)CC1Cl. The summed E-state index contributed by atoms with van der Waals surface area (Å²) in [5.74, 6) is 7.96. The van der Waals surface area contributed by atoms with Gasteiger partial charge in [0.2, 0.25) is 0 Å². The Kier molecular flexibility index (Phi) is 7.48. The lowest BCUT2D eigenvalue weighted by Gasteiger charge is -2.36. The molecule has 4 N–H and O–H groups in total. The molecule has 0 spiro atoms. The lowest BCUT2D eigenvalue weighted by molar-refractivity contribution is 0.0218. The van der Waals surface area contributed by atoms with Crippen LogP contribution >= 0.6 is 23.8 Å². The fraction of sp³-hybridized carbons (Fsp3) is 0.750. The van der Waals surface area contributed by atoms with Gasteiger partial charge in [-0.3, -0.25) is 5.01 Å². The van der Waals surface area contributed by atoms with Crippen LogP contribution in [0.25, 0.3) is 0 Å². The van der Waals surface area contributed by atoms with Gasteiger partial charge in [0.05, 0.1) is 30.7 Å². The summed E-state index contributed by atoms with van der Waals surface area (Å²) in [7, 11) is 0. The highest BCUT2D eigenvalue weighted by Crippen LogP contribution is 2.28. The Labute approximate surface area is 128 Å². The van der Waals surface area contributed by atoms with Gasteiger partial charge in [0.25, 0.3) is 0 Å². The maximum atomic E-state index is 14.0. The van der Waals surface area contributed by atoms with E-state index < -0.39 is 17.6 Å². The number of thiocarbonyl (C=S) groups is 1. The summed E-state index contributed by atoms with van der Waals surface area (Å²) >= 11 is 11.1. The first-order valence-corrected chi connectivity index (χ1v) is 7.10. The highest BCUT2D eigenvalue weighted by molar-refractivity contribution is 7.80. The van der Waals surface area contributed by atoms with Crippen LogP contribution in [-0.4, -0.2) is 58.7 Å². The molecule has 1 saturated carbocycles. The van der Waals surface area contributed by atoms with Gasteiger partial charge in [-0.05, 0) is 25.1 Å². The number of alkyl halides is 2. The Balaban J connectivity index is 2.55. The molecule has 0 saturated heterocycles. The van der Waals surface area contributed by atoms with Gasteiger partial charge in [-0.2, -0.15) is 0 Å². The molecule has 0 bridgehead atoms. The zero-order valence-corrected chi connectivity index (χ0v) is 12.5. The first-order chi connectivity index (χ1) is 9.49. The normalized spacial score (nSPS) is 29.6. The maximum absolute atomic E-state index is 14.0. The molecule has 5 nitrogen and oxygen atoms in total. The number of terminal acetylenes is 1. The molecule has 0 aliphatic heterocycles. The van der Waals surface area contributed by atoms with Crippen LogP contribution in [0.4, 0.5) is 4.39 Å². The first kappa shape index (κ1) is 17.4. The summed E-state index contributed by atoms with van der Waals surface area (Å²) in [4.78, 5) is 0. The van der Waals surface area contributed by atoms with Crippen molar-refractivity contribution in [1.29, 1.82) is 0 Å². The Bertz CT molecular complexity index is 369. The van der Waals surface area contributed by atoms with Gasteiger partial charge in [-0.1, -0.05) is 5.92 Å². The quantitative estimate of drug-likeness (QED) is 0.220. The minimum atomic E-state index is -1.15. The average molecular weight is 324 g/mol. The molecule has 0 aromatic heterocycles. The number of hydrazine groups is 1. The monoisotopic (exact) mass is 323 g/mol. The van der Waals surface area contributed by atoms with Crippen LogP contribution in [0.15, 0.2) is 0 Å². The summed E-state index contributed by atoms with van der Waals surface area (Å²) in [5, 5.41) is 12.5. The third-order valence-electron chi connectivity index (χ3n) is 3.07. The zero-order valence-electron chi connectivity index (χ0n) is 11.0. The molecular formula is C12H19ClFN3O2S. The number of halogens is 2. The van der Waals surface area contributed by atoms with Gasteiger partial charge in [0, 0.05) is 0 Å². The van der Waals surface area contributed by atoms with Gasteiger partial charge in [-0.15, -0.1) is 18.0 Å². The van der Waals surface area contributed by atoms with E-state index in [9.17, 15) is 4.39 Å². The molecule has 20 heavy (non-hydrogen) atoms. The first-order valence-electron chi connectivity index (χ1n) is 6.26. The molecule has 0 aromatic rings. The minimum Gasteiger partial charge on any atom is -0.394 e. The standard InChI is InChI=1S/C12H19ClFN3O2S/c1-2-5-19-11-7-10(9(14)6-8(11)13)16-12(20)17(15)3-4-18/h1,8-11,18H,3-7,15H2,(H,16,20). The lowest BCUT2D eigenvalue weighted by Crippen LogP contribution is -2.55. The van der Waals surface area contributed by atoms with Crippen molar-refractivity contribution in [3.05, 3.63) is 0 Å². The van der Waals surface area contributed by atoms with E-state index in [4.69, 9.17) is 45.9 Å². The number of ether oxygens (including phenoxy) is 1. The molecule has 1 fully saturated rings. The smallest absolute Gasteiger partial charge is 0.183 e. The number of hydrogen-bond donors (Lipinski definition) is 3. The lowest BCUT2D eigenvalue weighted by atomic mass is 9.90. The molecule has 0 radical (unpaired) electrons. The molecule has 1 aliphatic carbocycles. The van der Waals surface area contributed by atoms with Crippen molar-refractivity contribution in [2.45, 2.75) is 36.5 Å². The highest BCUT2D eigenvalue weighted by Gasteiger charge is 2.37. The van der Waals surface area contributed by atoms with Gasteiger partial charge in [0.1, 0.15) is 12.8 Å². The summed E-state index contributed by atoms with van der Waals surface area (Å²) in [6, 6.07) is -0.537. The number of nitrogens with zero attached hydrogens (tertiary/aromatic N) is 1. The van der Waals surface area contributed by atoms with Crippen molar-refractivity contribution in [1.82, 2.24) is 10.3 Å². The number of nitrogens with one attached hydrogen (secondary N) is 1. The minimum absolute atomic E-state index is 0.134. The Morgan fingerprint density at radius 2 is 2.35 bits per heavy atom. The van der Waals surface area contributed by atoms with Crippen LogP contribution in [0.1, 0.15) is 12.8 Å². The topological polar surface area (TPSA) is 70.8 Å². The number of aliphatic hydroxyl groups is 1. The maximum Gasteiger partial charge on any atom is 0.183 e. The van der Waals surface area contributed by atoms with Crippen molar-refractivity contribution in [3.8, 4) is 12.3 Å². The number of aliphatic hydroxyl groups excluding tert-OH is 1. The fourth-order valence-corrected chi connectivity index (χ4v) is 2.59. The Morgan fingerprint density at radius 1 is 1.65 bits per heavy atom. The van der Waals surface area contributed by atoms with Gasteiger partial charge >= 0.3 is 0 Å². The number of nitrogens with two attached hydrogens (primary N) is 1. The van der Waals surface area contributed by atoms with Crippen LogP contribution in [0.2, 0.25) is 0 Å². The summed E-state index contributed by atoms with van der Waals surface area (Å²) in [6.45, 7) is 0.167. The largest absolute Gasteiger partial charge is 0.394 e. The van der Waals surface area contributed by atoms with E-state index >= 15 is 0 Å². The molecular weight excluding hydrogens is 305 g/mol. The molecule has 4 atom stereocenters. The van der Waals surface area contributed by atoms with Gasteiger partial charge in [0.15, 0.2) is 5.11 Å². The average Bonchev–Trinajstić information content (AvgIpc) is 2.40. The van der Waals surface area contributed by atoms with Crippen molar-refractivity contribution >= 4 is 28.9 Å². The van der Waals surface area contributed by atoms with Crippen molar-refractivity contribution < 1.29 is 14.2 Å². The van der Waals surface area contributed by atoms with Crippen LogP contribution in [0, 0.1) is 12.3 Å². The van der Waals surface area contributed by atoms with Crippen LogP contribution in [0.5, 0.6) is 0 Å². The van der Waals surface area contributed by atoms with E-state index in [1.54, 1.807) is 0 Å². The van der Waals surface area contributed by atoms with E-state index in [0.717, 1.165) is 5.01 Å². The van der Waals surface area contributed by atoms with Crippen molar-refractivity contribution in [2.75, 3.05) is 19.8 Å². The van der Waals surface area contributed by atoms with Crippen molar-refractivity contribution in [3.63, 3.8) is 0 Å². The second kappa shape index (κ2) is 8.60. The van der Waals surface area contributed by atoms with Crippen LogP contribution < -0.4 is 11.2 Å². The molecule has 8 heteroatoms. The molecule has 0 aromatic carbocycles. The molecule has 114 valence electrons. The van der Waals surface area contributed by atoms with Crippen LogP contribution in [0.3, 0.4) is 0 Å². The number of hydrogen-bond acceptors (Lipinski definition) is 4. The van der Waals surface area contributed by atoms with Gasteiger partial charge in [-0.25, -0.2) is 10.2 Å². The predicted molar refractivity (Wildman–Crippen MR) is 79.8 cm³/mol. The van der Waals surface area contributed by atoms with E-state index in [1.165, 1.54) is 0 Å². The van der Waals surface area contributed by atoms with E-state index in [2.05, 4.69) is 11.2 Å². The molecule has 1 rings (SSSR count). The third kappa shape index (κ3) is 5.04. The third-order valence-corrected chi connectivity index (χ3v) is 3.88. The molecule has 0 heterocycles. The number of rotatable bonds is 5. The summed E-state index contributed by atoms with van der Waals surface area (Å²) in [5.41, 5.74) is 0. The Hall–Kier alpha value is -0.650. The van der Waals surface area contributed by atoms with E-state index in [0.29, 0.717) is 6.42 Å². The predicted octanol–water partition coefficient (Wildman–Crippen LogP) is 0.155. The Morgan fingerprint density at radius 3 is 2.95 bits per heavy atom. The second-order valence-corrected chi connectivity index (χ2v) is 5.48. The highest BCUT2D eigenvalue weighted by atomic mass is 35.5. The van der Waals surface area contributed by atoms with Gasteiger partial charge < -0.3 is 15.2 Å². The van der Waals surface area contributed by atoms with E-state index in [1.807, 2.05) is 0 Å². The van der Waals surface area contributed by atoms with E-state index in [-0.39, 0.29) is 37.4 Å². The van der Waals surface area contributed by atoms with Crippen molar-refractivity contribution in [2.24, 2.45) is 5.84 Å². The zero-order chi connectivity index (χ0) is 15.1. The summed E-state index contributed by atoms with van der Waals surface area (Å²) in [6.07, 6.45) is 4.16. The molecule has 4 unspecified atom stereocenters. The molecule has 0 amide bonds. The molecule has 1 aliphatic rings. The summed E-state index contributed by atoms with van der Waals surface area (Å²) < 4.78 is 19.4.